The average molecular weight is 258 g/mol. The van der Waals surface area contributed by atoms with Gasteiger partial charge in [0.1, 0.15) is 0 Å². The Balaban J connectivity index is 1.65. The van der Waals surface area contributed by atoms with Gasteiger partial charge in [-0.25, -0.2) is 0 Å². The summed E-state index contributed by atoms with van der Waals surface area (Å²) in [6.45, 7) is 5.29. The quantitative estimate of drug-likeness (QED) is 0.846. The van der Waals surface area contributed by atoms with E-state index in [1.807, 2.05) is 12.1 Å². The van der Waals surface area contributed by atoms with Gasteiger partial charge in [-0.15, -0.1) is 0 Å². The lowest BCUT2D eigenvalue weighted by Gasteiger charge is -2.28. The number of piperidine rings is 1. The van der Waals surface area contributed by atoms with Gasteiger partial charge in [0.25, 0.3) is 0 Å². The maximum absolute atomic E-state index is 5.32. The summed E-state index contributed by atoms with van der Waals surface area (Å²) in [6.07, 6.45) is 5.99. The van der Waals surface area contributed by atoms with Crippen molar-refractivity contribution in [1.82, 2.24) is 20.0 Å². The van der Waals surface area contributed by atoms with Crippen molar-refractivity contribution >= 4 is 0 Å². The summed E-state index contributed by atoms with van der Waals surface area (Å²) in [6, 6.07) is 3.81. The van der Waals surface area contributed by atoms with Gasteiger partial charge in [-0.3, -0.25) is 9.88 Å². The smallest absolute Gasteiger partial charge is 0.241 e. The molecule has 0 unspecified atom stereocenters. The van der Waals surface area contributed by atoms with Gasteiger partial charge in [-0.1, -0.05) is 12.1 Å². The number of likely N-dealkylation sites (tertiary alicyclic amines) is 1. The summed E-state index contributed by atoms with van der Waals surface area (Å²) in [4.78, 5) is 10.9. The second-order valence-electron chi connectivity index (χ2n) is 5.21. The van der Waals surface area contributed by atoms with Gasteiger partial charge >= 0.3 is 0 Å². The van der Waals surface area contributed by atoms with Crippen LogP contribution in [0, 0.1) is 5.92 Å². The molecule has 0 bridgehead atoms. The van der Waals surface area contributed by atoms with E-state index in [4.69, 9.17) is 4.52 Å². The van der Waals surface area contributed by atoms with Crippen LogP contribution < -0.4 is 0 Å². The molecule has 0 N–H and O–H groups in total. The van der Waals surface area contributed by atoms with E-state index < -0.39 is 0 Å². The zero-order valence-electron chi connectivity index (χ0n) is 11.1. The molecule has 1 saturated heterocycles. The molecular formula is C14H18N4O. The molecule has 1 aliphatic rings. The van der Waals surface area contributed by atoms with Crippen LogP contribution in [0.25, 0.3) is 11.4 Å². The first-order valence-electron chi connectivity index (χ1n) is 6.76. The van der Waals surface area contributed by atoms with Crippen LogP contribution in [0.5, 0.6) is 0 Å². The van der Waals surface area contributed by atoms with E-state index >= 15 is 0 Å². The maximum atomic E-state index is 5.32. The van der Waals surface area contributed by atoms with Gasteiger partial charge in [0.2, 0.25) is 11.7 Å². The Morgan fingerprint density at radius 3 is 2.95 bits per heavy atom. The molecule has 100 valence electrons. The number of nitrogens with zero attached hydrogens (tertiary/aromatic N) is 4. The van der Waals surface area contributed by atoms with Gasteiger partial charge in [0.05, 0.1) is 6.54 Å². The van der Waals surface area contributed by atoms with E-state index in [9.17, 15) is 0 Å². The molecule has 0 aromatic carbocycles. The third kappa shape index (κ3) is 2.98. The topological polar surface area (TPSA) is 55.1 Å². The molecule has 0 atom stereocenters. The zero-order chi connectivity index (χ0) is 13.1. The molecule has 0 spiro atoms. The Hall–Kier alpha value is -1.75. The summed E-state index contributed by atoms with van der Waals surface area (Å²) in [5.74, 6) is 2.15. The lowest BCUT2D eigenvalue weighted by atomic mass is 9.99. The molecule has 1 fully saturated rings. The average Bonchev–Trinajstić information content (AvgIpc) is 2.91. The standard InChI is InChI=1S/C14H18N4O/c1-11-4-7-18(8-5-11)10-13-16-14(17-19-13)12-3-2-6-15-9-12/h2-3,6,9,11H,4-5,7-8,10H2,1H3. The molecule has 0 amide bonds. The van der Waals surface area contributed by atoms with Crippen LogP contribution in [0.1, 0.15) is 25.7 Å². The van der Waals surface area contributed by atoms with Gasteiger partial charge in [-0.2, -0.15) is 4.98 Å². The Morgan fingerprint density at radius 2 is 2.21 bits per heavy atom. The van der Waals surface area contributed by atoms with E-state index in [1.165, 1.54) is 12.8 Å². The minimum atomic E-state index is 0.619. The molecule has 5 heteroatoms. The first-order chi connectivity index (χ1) is 9.31. The molecule has 0 saturated carbocycles. The van der Waals surface area contributed by atoms with Crippen molar-refractivity contribution in [2.45, 2.75) is 26.3 Å². The summed E-state index contributed by atoms with van der Waals surface area (Å²) in [5, 5.41) is 4.01. The van der Waals surface area contributed by atoms with Gasteiger partial charge in [0.15, 0.2) is 0 Å². The van der Waals surface area contributed by atoms with Crippen molar-refractivity contribution < 1.29 is 4.52 Å². The molecule has 2 aromatic heterocycles. The third-order valence-corrected chi connectivity index (χ3v) is 3.62. The van der Waals surface area contributed by atoms with Gasteiger partial charge < -0.3 is 4.52 Å². The molecule has 0 radical (unpaired) electrons. The highest BCUT2D eigenvalue weighted by Gasteiger charge is 2.18. The lowest BCUT2D eigenvalue weighted by Crippen LogP contribution is -2.32. The van der Waals surface area contributed by atoms with Crippen molar-refractivity contribution in [3.05, 3.63) is 30.4 Å². The molecule has 5 nitrogen and oxygen atoms in total. The van der Waals surface area contributed by atoms with E-state index in [-0.39, 0.29) is 0 Å². The lowest BCUT2D eigenvalue weighted by molar-refractivity contribution is 0.165. The van der Waals surface area contributed by atoms with Crippen LogP contribution in [-0.4, -0.2) is 33.1 Å². The SMILES string of the molecule is CC1CCN(Cc2nc(-c3cccnc3)no2)CC1. The molecule has 3 heterocycles. The highest BCUT2D eigenvalue weighted by Crippen LogP contribution is 2.19. The fourth-order valence-electron chi connectivity index (χ4n) is 2.34. The molecule has 1 aliphatic heterocycles. The predicted molar refractivity (Wildman–Crippen MR) is 71.2 cm³/mol. The Labute approximate surface area is 112 Å². The van der Waals surface area contributed by atoms with Crippen molar-refractivity contribution in [3.63, 3.8) is 0 Å². The van der Waals surface area contributed by atoms with Crippen LogP contribution in [0.2, 0.25) is 0 Å². The number of hydrogen-bond donors (Lipinski definition) is 0. The first kappa shape index (κ1) is 12.3. The number of rotatable bonds is 3. The largest absolute Gasteiger partial charge is 0.338 e. The summed E-state index contributed by atoms with van der Waals surface area (Å²) in [7, 11) is 0. The highest BCUT2D eigenvalue weighted by molar-refractivity contribution is 5.51. The monoisotopic (exact) mass is 258 g/mol. The Bertz CT molecular complexity index is 517. The Morgan fingerprint density at radius 1 is 1.37 bits per heavy atom. The van der Waals surface area contributed by atoms with Crippen molar-refractivity contribution in [2.75, 3.05) is 13.1 Å². The number of hydrogen-bond acceptors (Lipinski definition) is 5. The normalized spacial score (nSPS) is 17.7. The van der Waals surface area contributed by atoms with Crippen LogP contribution in [0.15, 0.2) is 29.0 Å². The first-order valence-corrected chi connectivity index (χ1v) is 6.76. The van der Waals surface area contributed by atoms with Crippen molar-refractivity contribution in [2.24, 2.45) is 5.92 Å². The van der Waals surface area contributed by atoms with E-state index in [0.29, 0.717) is 11.7 Å². The maximum Gasteiger partial charge on any atom is 0.241 e. The van der Waals surface area contributed by atoms with Crippen LogP contribution >= 0.6 is 0 Å². The van der Waals surface area contributed by atoms with E-state index in [0.717, 1.165) is 31.1 Å². The van der Waals surface area contributed by atoms with Crippen molar-refractivity contribution in [1.29, 1.82) is 0 Å². The third-order valence-electron chi connectivity index (χ3n) is 3.62. The fraction of sp³-hybridized carbons (Fsp3) is 0.500. The molecule has 2 aromatic rings. The van der Waals surface area contributed by atoms with Gasteiger partial charge in [0, 0.05) is 18.0 Å². The summed E-state index contributed by atoms with van der Waals surface area (Å²) >= 11 is 0. The summed E-state index contributed by atoms with van der Waals surface area (Å²) in [5.41, 5.74) is 0.893. The fourth-order valence-corrected chi connectivity index (χ4v) is 2.34. The highest BCUT2D eigenvalue weighted by atomic mass is 16.5. The second kappa shape index (κ2) is 5.48. The van der Waals surface area contributed by atoms with E-state index in [2.05, 4.69) is 26.9 Å². The minimum absolute atomic E-state index is 0.619. The zero-order valence-corrected chi connectivity index (χ0v) is 11.1. The second-order valence-corrected chi connectivity index (χ2v) is 5.21. The van der Waals surface area contributed by atoms with Gasteiger partial charge in [-0.05, 0) is 44.0 Å². The number of pyridine rings is 1. The molecule has 19 heavy (non-hydrogen) atoms. The Kier molecular flexibility index (Phi) is 3.55. The predicted octanol–water partition coefficient (Wildman–Crippen LogP) is 2.36. The molecular weight excluding hydrogens is 240 g/mol. The minimum Gasteiger partial charge on any atom is -0.338 e. The van der Waals surface area contributed by atoms with Crippen molar-refractivity contribution in [3.8, 4) is 11.4 Å². The van der Waals surface area contributed by atoms with Crippen LogP contribution in [-0.2, 0) is 6.54 Å². The molecule has 3 rings (SSSR count). The summed E-state index contributed by atoms with van der Waals surface area (Å²) < 4.78 is 5.32. The molecule has 0 aliphatic carbocycles. The van der Waals surface area contributed by atoms with Crippen LogP contribution in [0.4, 0.5) is 0 Å². The van der Waals surface area contributed by atoms with E-state index in [1.54, 1.807) is 12.4 Å². The van der Waals surface area contributed by atoms with Crippen LogP contribution in [0.3, 0.4) is 0 Å². The number of aromatic nitrogens is 3.